The number of nitrogens with zero attached hydrogens (tertiary/aromatic N) is 2. The minimum absolute atomic E-state index is 0.161. The van der Waals surface area contributed by atoms with Gasteiger partial charge in [0.2, 0.25) is 0 Å². The van der Waals surface area contributed by atoms with E-state index in [1.165, 1.54) is 4.57 Å². The van der Waals surface area contributed by atoms with Crippen LogP contribution in [0.3, 0.4) is 0 Å². The maximum Gasteiger partial charge on any atom is 0.326 e. The molecule has 2 heterocycles. The first-order valence-corrected chi connectivity index (χ1v) is 7.06. The van der Waals surface area contributed by atoms with Gasteiger partial charge in [-0.1, -0.05) is 30.3 Å². The van der Waals surface area contributed by atoms with Crippen molar-refractivity contribution >= 4 is 11.0 Å². The summed E-state index contributed by atoms with van der Waals surface area (Å²) < 4.78 is 6.96. The van der Waals surface area contributed by atoms with Crippen molar-refractivity contribution in [3.05, 3.63) is 64.8 Å². The number of hydrogen-bond acceptors (Lipinski definition) is 4. The zero-order chi connectivity index (χ0) is 15.4. The van der Waals surface area contributed by atoms with Crippen LogP contribution < -0.4 is 5.69 Å². The van der Waals surface area contributed by atoms with Crippen LogP contribution >= 0.6 is 0 Å². The van der Waals surface area contributed by atoms with Gasteiger partial charge in [0.1, 0.15) is 0 Å². The number of benzene rings is 1. The van der Waals surface area contributed by atoms with Crippen LogP contribution in [0.25, 0.3) is 11.0 Å². The van der Waals surface area contributed by atoms with Crippen LogP contribution in [0.2, 0.25) is 0 Å². The minimum atomic E-state index is -0.763. The van der Waals surface area contributed by atoms with Gasteiger partial charge >= 0.3 is 5.69 Å². The summed E-state index contributed by atoms with van der Waals surface area (Å²) >= 11 is 0. The summed E-state index contributed by atoms with van der Waals surface area (Å²) in [7, 11) is 0. The molecule has 0 radical (unpaired) electrons. The molecule has 0 bridgehead atoms. The predicted molar refractivity (Wildman–Crippen MR) is 82.5 cm³/mol. The number of aromatic amines is 1. The molecular weight excluding hydrogens is 282 g/mol. The van der Waals surface area contributed by atoms with Gasteiger partial charge in [-0.3, -0.25) is 9.55 Å². The van der Waals surface area contributed by atoms with Gasteiger partial charge in [0.15, 0.2) is 0 Å². The van der Waals surface area contributed by atoms with Crippen LogP contribution in [0.4, 0.5) is 0 Å². The summed E-state index contributed by atoms with van der Waals surface area (Å²) in [6.45, 7) is 0.760. The Balaban J connectivity index is 1.60. The number of rotatable bonds is 6. The molecule has 3 aromatic rings. The first-order valence-electron chi connectivity index (χ1n) is 7.06. The third-order valence-electron chi connectivity index (χ3n) is 3.39. The number of imidazole rings is 1. The fraction of sp³-hybridized carbons (Fsp3) is 0.250. The number of aromatic nitrogens is 3. The van der Waals surface area contributed by atoms with Crippen molar-refractivity contribution in [2.24, 2.45) is 0 Å². The van der Waals surface area contributed by atoms with Gasteiger partial charge in [-0.2, -0.15) is 0 Å². The van der Waals surface area contributed by atoms with E-state index in [4.69, 9.17) is 4.74 Å². The molecule has 6 heteroatoms. The predicted octanol–water partition coefficient (Wildman–Crippen LogP) is 1.30. The maximum atomic E-state index is 11.9. The van der Waals surface area contributed by atoms with Gasteiger partial charge in [0.05, 0.1) is 43.1 Å². The number of fused-ring (bicyclic) bond motifs is 1. The molecule has 22 heavy (non-hydrogen) atoms. The van der Waals surface area contributed by atoms with E-state index in [9.17, 15) is 9.90 Å². The number of nitrogens with one attached hydrogen (secondary N) is 1. The summed E-state index contributed by atoms with van der Waals surface area (Å²) in [4.78, 5) is 18.6. The van der Waals surface area contributed by atoms with E-state index >= 15 is 0 Å². The molecule has 3 rings (SSSR count). The Labute approximate surface area is 127 Å². The van der Waals surface area contributed by atoms with Crippen LogP contribution in [0, 0.1) is 0 Å². The second kappa shape index (κ2) is 6.55. The van der Waals surface area contributed by atoms with Gasteiger partial charge in [-0.15, -0.1) is 0 Å². The van der Waals surface area contributed by atoms with E-state index in [0.717, 1.165) is 5.56 Å². The number of hydrogen-bond donors (Lipinski definition) is 2. The van der Waals surface area contributed by atoms with Crippen molar-refractivity contribution in [1.29, 1.82) is 0 Å². The monoisotopic (exact) mass is 299 g/mol. The molecule has 0 aliphatic carbocycles. The summed E-state index contributed by atoms with van der Waals surface area (Å²) in [5, 5.41) is 10.1. The van der Waals surface area contributed by atoms with Gasteiger partial charge in [0, 0.05) is 6.20 Å². The lowest BCUT2D eigenvalue weighted by Crippen LogP contribution is -2.27. The fourth-order valence-corrected chi connectivity index (χ4v) is 2.33. The second-order valence-corrected chi connectivity index (χ2v) is 5.09. The number of aliphatic hydroxyl groups is 1. The molecule has 0 amide bonds. The van der Waals surface area contributed by atoms with Crippen molar-refractivity contribution in [3.8, 4) is 0 Å². The first-order chi connectivity index (χ1) is 10.7. The molecule has 0 aliphatic heterocycles. The molecule has 0 saturated heterocycles. The molecule has 1 aromatic carbocycles. The van der Waals surface area contributed by atoms with Gasteiger partial charge in [0.25, 0.3) is 0 Å². The SMILES string of the molecule is O=c1[nH]c2ccncc2n1C[C@@H](O)COCc1ccccc1. The highest BCUT2D eigenvalue weighted by Gasteiger charge is 2.11. The van der Waals surface area contributed by atoms with Crippen molar-refractivity contribution < 1.29 is 9.84 Å². The fourth-order valence-electron chi connectivity index (χ4n) is 2.33. The van der Waals surface area contributed by atoms with Crippen molar-refractivity contribution in [3.63, 3.8) is 0 Å². The Bertz CT molecular complexity index is 795. The van der Waals surface area contributed by atoms with Crippen LogP contribution in [0.5, 0.6) is 0 Å². The largest absolute Gasteiger partial charge is 0.389 e. The van der Waals surface area contributed by atoms with E-state index in [1.54, 1.807) is 18.5 Å². The van der Waals surface area contributed by atoms with Gasteiger partial charge in [-0.25, -0.2) is 4.79 Å². The third kappa shape index (κ3) is 3.24. The third-order valence-corrected chi connectivity index (χ3v) is 3.39. The standard InChI is InChI=1S/C16H17N3O3/c20-13(11-22-10-12-4-2-1-3-5-12)9-19-15-8-17-7-6-14(15)18-16(19)21/h1-8,13,20H,9-11H2,(H,18,21)/t13-/m1/s1. The summed E-state index contributed by atoms with van der Waals surface area (Å²) in [6, 6.07) is 11.5. The minimum Gasteiger partial charge on any atom is -0.389 e. The summed E-state index contributed by atoms with van der Waals surface area (Å²) in [5.41, 5.74) is 2.17. The highest BCUT2D eigenvalue weighted by atomic mass is 16.5. The van der Waals surface area contributed by atoms with Crippen molar-refractivity contribution in [2.75, 3.05) is 6.61 Å². The summed E-state index contributed by atoms with van der Waals surface area (Å²) in [5.74, 6) is 0. The van der Waals surface area contributed by atoms with E-state index in [1.807, 2.05) is 30.3 Å². The number of ether oxygens (including phenoxy) is 1. The molecule has 0 unspecified atom stereocenters. The average Bonchev–Trinajstić information content (AvgIpc) is 2.84. The molecule has 0 aliphatic rings. The Morgan fingerprint density at radius 1 is 1.27 bits per heavy atom. The van der Waals surface area contributed by atoms with Crippen LogP contribution in [-0.4, -0.2) is 32.4 Å². The average molecular weight is 299 g/mol. The molecule has 2 aromatic heterocycles. The molecule has 0 spiro atoms. The smallest absolute Gasteiger partial charge is 0.326 e. The Kier molecular flexibility index (Phi) is 4.32. The number of H-pyrrole nitrogens is 1. The normalized spacial score (nSPS) is 12.6. The van der Waals surface area contributed by atoms with Crippen LogP contribution in [-0.2, 0) is 17.9 Å². The molecular formula is C16H17N3O3. The maximum absolute atomic E-state index is 11.9. The lowest BCUT2D eigenvalue weighted by molar-refractivity contribution is 0.0205. The second-order valence-electron chi connectivity index (χ2n) is 5.09. The van der Waals surface area contributed by atoms with E-state index in [-0.39, 0.29) is 18.8 Å². The Hall–Kier alpha value is -2.44. The van der Waals surface area contributed by atoms with E-state index in [2.05, 4.69) is 9.97 Å². The highest BCUT2D eigenvalue weighted by molar-refractivity contribution is 5.73. The Morgan fingerprint density at radius 3 is 2.91 bits per heavy atom. The summed E-state index contributed by atoms with van der Waals surface area (Å²) in [6.07, 6.45) is 2.45. The molecule has 6 nitrogen and oxygen atoms in total. The molecule has 0 saturated carbocycles. The molecule has 1 atom stereocenters. The van der Waals surface area contributed by atoms with Crippen molar-refractivity contribution in [1.82, 2.24) is 14.5 Å². The quantitative estimate of drug-likeness (QED) is 0.719. The highest BCUT2D eigenvalue weighted by Crippen LogP contribution is 2.08. The lowest BCUT2D eigenvalue weighted by atomic mass is 10.2. The topological polar surface area (TPSA) is 80.1 Å². The van der Waals surface area contributed by atoms with Gasteiger partial charge in [-0.05, 0) is 11.6 Å². The lowest BCUT2D eigenvalue weighted by Gasteiger charge is -2.12. The van der Waals surface area contributed by atoms with Crippen molar-refractivity contribution in [2.45, 2.75) is 19.3 Å². The zero-order valence-corrected chi connectivity index (χ0v) is 12.0. The molecule has 2 N–H and O–H groups in total. The Morgan fingerprint density at radius 2 is 2.09 bits per heavy atom. The van der Waals surface area contributed by atoms with Crippen LogP contribution in [0.15, 0.2) is 53.6 Å². The van der Waals surface area contributed by atoms with E-state index < -0.39 is 6.10 Å². The van der Waals surface area contributed by atoms with E-state index in [0.29, 0.717) is 17.6 Å². The van der Waals surface area contributed by atoms with Gasteiger partial charge < -0.3 is 14.8 Å². The van der Waals surface area contributed by atoms with Crippen LogP contribution in [0.1, 0.15) is 5.56 Å². The number of aliphatic hydroxyl groups excluding tert-OH is 1. The first kappa shape index (κ1) is 14.5. The zero-order valence-electron chi connectivity index (χ0n) is 12.0. The molecule has 0 fully saturated rings. The molecule has 114 valence electrons. The number of pyridine rings is 1.